The minimum Gasteiger partial charge on any atom is -0.491 e. The van der Waals surface area contributed by atoms with E-state index in [1.165, 1.54) is 6.92 Å². The van der Waals surface area contributed by atoms with E-state index in [9.17, 15) is 4.79 Å². The molecule has 0 saturated heterocycles. The van der Waals surface area contributed by atoms with Gasteiger partial charge in [0.15, 0.2) is 5.58 Å². The van der Waals surface area contributed by atoms with Gasteiger partial charge in [-0.05, 0) is 38.1 Å². The van der Waals surface area contributed by atoms with E-state index < -0.39 is 0 Å². The third-order valence-corrected chi connectivity index (χ3v) is 3.36. The van der Waals surface area contributed by atoms with Crippen molar-refractivity contribution in [1.82, 2.24) is 15.5 Å². The number of fused-ring (bicyclic) bond motifs is 1. The van der Waals surface area contributed by atoms with E-state index in [-0.39, 0.29) is 24.7 Å². The van der Waals surface area contributed by atoms with Crippen LogP contribution in [0.2, 0.25) is 0 Å². The molecule has 3 aromatic rings. The summed E-state index contributed by atoms with van der Waals surface area (Å²) in [4.78, 5) is 15.4. The highest BCUT2D eigenvalue weighted by molar-refractivity contribution is 5.77. The quantitative estimate of drug-likeness (QED) is 0.691. The maximum absolute atomic E-state index is 11.0. The van der Waals surface area contributed by atoms with Gasteiger partial charge < -0.3 is 23.7 Å². The molecule has 0 bridgehead atoms. The number of ether oxygens (including phenoxy) is 2. The van der Waals surface area contributed by atoms with Gasteiger partial charge in [-0.25, -0.2) is 4.98 Å². The van der Waals surface area contributed by atoms with Crippen molar-refractivity contribution < 1.29 is 23.2 Å². The molecule has 8 heteroatoms. The summed E-state index contributed by atoms with van der Waals surface area (Å²) in [5, 5.41) is 6.56. The minimum atomic E-state index is -0.142. The van der Waals surface area contributed by atoms with Gasteiger partial charge in [-0.1, -0.05) is 0 Å². The van der Waals surface area contributed by atoms with Crippen molar-refractivity contribution in [3.05, 3.63) is 24.3 Å². The number of oxazole rings is 1. The average Bonchev–Trinajstić information content (AvgIpc) is 3.17. The van der Waals surface area contributed by atoms with E-state index in [0.29, 0.717) is 28.6 Å². The Balaban J connectivity index is 1.71. The lowest BCUT2D eigenvalue weighted by molar-refractivity contribution is -0.119. The lowest BCUT2D eigenvalue weighted by atomic mass is 10.3. The fourth-order valence-corrected chi connectivity index (χ4v) is 2.38. The molecule has 0 unspecified atom stereocenters. The van der Waals surface area contributed by atoms with Gasteiger partial charge in [-0.3, -0.25) is 4.79 Å². The third kappa shape index (κ3) is 4.33. The molecule has 0 spiro atoms. The molecule has 1 aromatic carbocycles. The Bertz CT molecular complexity index is 899. The number of rotatable bonds is 7. The van der Waals surface area contributed by atoms with Gasteiger partial charge in [0.1, 0.15) is 17.9 Å². The predicted octanol–water partition coefficient (Wildman–Crippen LogP) is 3.17. The van der Waals surface area contributed by atoms with Crippen LogP contribution in [0.1, 0.15) is 27.7 Å². The van der Waals surface area contributed by atoms with Crippen LogP contribution in [-0.4, -0.2) is 34.8 Å². The number of hydrogen-bond acceptors (Lipinski definition) is 7. The van der Waals surface area contributed by atoms with Crippen LogP contribution >= 0.6 is 0 Å². The highest BCUT2D eigenvalue weighted by Gasteiger charge is 2.16. The molecule has 1 amide bonds. The number of amides is 1. The van der Waals surface area contributed by atoms with Gasteiger partial charge in [0, 0.05) is 13.0 Å². The average molecular weight is 359 g/mol. The molecule has 1 atom stereocenters. The molecule has 2 heterocycles. The van der Waals surface area contributed by atoms with Gasteiger partial charge in [0.25, 0.3) is 11.8 Å². The zero-order chi connectivity index (χ0) is 18.7. The van der Waals surface area contributed by atoms with Crippen LogP contribution in [-0.2, 0) is 4.79 Å². The normalized spacial score (nSPS) is 12.3. The van der Waals surface area contributed by atoms with E-state index in [2.05, 4.69) is 15.5 Å². The summed E-state index contributed by atoms with van der Waals surface area (Å²) in [5.41, 5.74) is 1.28. The summed E-state index contributed by atoms with van der Waals surface area (Å²) in [6, 6.07) is 6.89. The summed E-state index contributed by atoms with van der Waals surface area (Å²) in [6.45, 7) is 7.48. The Kier molecular flexibility index (Phi) is 5.11. The number of carbonyl (C=O) groups is 1. The molecule has 0 fully saturated rings. The first-order chi connectivity index (χ1) is 12.4. The Labute approximate surface area is 150 Å². The van der Waals surface area contributed by atoms with Crippen molar-refractivity contribution in [2.24, 2.45) is 0 Å². The molecule has 138 valence electrons. The first-order valence-electron chi connectivity index (χ1n) is 8.35. The summed E-state index contributed by atoms with van der Waals surface area (Å²) in [7, 11) is 0. The first kappa shape index (κ1) is 17.8. The number of benzene rings is 1. The van der Waals surface area contributed by atoms with E-state index >= 15 is 0 Å². The Hall–Kier alpha value is -3.03. The number of nitrogens with zero attached hydrogens (tertiary/aromatic N) is 2. The van der Waals surface area contributed by atoms with Gasteiger partial charge in [-0.2, -0.15) is 0 Å². The molecule has 2 aromatic heterocycles. The van der Waals surface area contributed by atoms with Crippen LogP contribution in [0, 0.1) is 0 Å². The van der Waals surface area contributed by atoms with Crippen molar-refractivity contribution in [2.75, 3.05) is 6.61 Å². The zero-order valence-electron chi connectivity index (χ0n) is 15.1. The predicted molar refractivity (Wildman–Crippen MR) is 94.0 cm³/mol. The van der Waals surface area contributed by atoms with Crippen LogP contribution in [0.4, 0.5) is 0 Å². The van der Waals surface area contributed by atoms with Gasteiger partial charge in [-0.15, -0.1) is 0 Å². The molecule has 1 N–H and O–H groups in total. The first-order valence-corrected chi connectivity index (χ1v) is 8.35. The maximum Gasteiger partial charge on any atom is 0.267 e. The topological polar surface area (TPSA) is 99.6 Å². The lowest BCUT2D eigenvalue weighted by Crippen LogP contribution is -2.35. The van der Waals surface area contributed by atoms with Crippen LogP contribution in [0.3, 0.4) is 0 Å². The van der Waals surface area contributed by atoms with Crippen molar-refractivity contribution >= 4 is 17.0 Å². The Morgan fingerprint density at radius 1 is 1.27 bits per heavy atom. The number of hydrogen-bond donors (Lipinski definition) is 1. The molecule has 0 aliphatic heterocycles. The second-order valence-electron chi connectivity index (χ2n) is 6.26. The Morgan fingerprint density at radius 2 is 2.08 bits per heavy atom. The minimum absolute atomic E-state index is 0.0766. The van der Waals surface area contributed by atoms with Gasteiger partial charge in [0.2, 0.25) is 11.7 Å². The largest absolute Gasteiger partial charge is 0.491 e. The Morgan fingerprint density at radius 3 is 2.81 bits per heavy atom. The molecule has 0 radical (unpaired) electrons. The van der Waals surface area contributed by atoms with Crippen molar-refractivity contribution in [3.8, 4) is 23.3 Å². The molecule has 3 rings (SSSR count). The zero-order valence-corrected chi connectivity index (χ0v) is 15.1. The second-order valence-corrected chi connectivity index (χ2v) is 6.26. The fourth-order valence-electron chi connectivity index (χ4n) is 2.38. The van der Waals surface area contributed by atoms with E-state index in [0.717, 1.165) is 5.75 Å². The number of carbonyl (C=O) groups excluding carboxylic acids is 1. The molecule has 8 nitrogen and oxygen atoms in total. The SMILES string of the molecule is CC(=O)N[C@@H](C)COc1cc(-c2nc3cc(OC(C)C)ccc3o2)on1. The maximum atomic E-state index is 11.0. The molecule has 0 saturated carbocycles. The summed E-state index contributed by atoms with van der Waals surface area (Å²) in [5.74, 6) is 1.56. The lowest BCUT2D eigenvalue weighted by Gasteiger charge is -2.11. The van der Waals surface area contributed by atoms with E-state index in [4.69, 9.17) is 18.4 Å². The molecule has 0 aliphatic carbocycles. The molecule has 26 heavy (non-hydrogen) atoms. The van der Waals surface area contributed by atoms with Crippen LogP contribution in [0.15, 0.2) is 33.2 Å². The van der Waals surface area contributed by atoms with Gasteiger partial charge >= 0.3 is 0 Å². The molecular formula is C18H21N3O5. The summed E-state index contributed by atoms with van der Waals surface area (Å²) in [6.07, 6.45) is 0.0766. The van der Waals surface area contributed by atoms with Crippen LogP contribution in [0.25, 0.3) is 22.8 Å². The van der Waals surface area contributed by atoms with Crippen LogP contribution in [0.5, 0.6) is 11.6 Å². The molecule has 0 aliphatic rings. The monoisotopic (exact) mass is 359 g/mol. The van der Waals surface area contributed by atoms with Crippen molar-refractivity contribution in [1.29, 1.82) is 0 Å². The summed E-state index contributed by atoms with van der Waals surface area (Å²) < 4.78 is 22.1. The second kappa shape index (κ2) is 7.47. The van der Waals surface area contributed by atoms with Crippen molar-refractivity contribution in [3.63, 3.8) is 0 Å². The number of aromatic nitrogens is 2. The molecular weight excluding hydrogens is 338 g/mol. The van der Waals surface area contributed by atoms with Crippen LogP contribution < -0.4 is 14.8 Å². The van der Waals surface area contributed by atoms with Crippen molar-refractivity contribution in [2.45, 2.75) is 39.8 Å². The van der Waals surface area contributed by atoms with E-state index in [1.807, 2.05) is 32.9 Å². The smallest absolute Gasteiger partial charge is 0.267 e. The van der Waals surface area contributed by atoms with E-state index in [1.54, 1.807) is 12.1 Å². The number of nitrogens with one attached hydrogen (secondary N) is 1. The standard InChI is InChI=1S/C18H21N3O5/c1-10(2)24-13-5-6-15-14(7-13)20-18(25-15)16-8-17(21-26-16)23-9-11(3)19-12(4)22/h5-8,10-11H,9H2,1-4H3,(H,19,22)/t11-/m0/s1. The summed E-state index contributed by atoms with van der Waals surface area (Å²) >= 11 is 0. The van der Waals surface area contributed by atoms with Gasteiger partial charge in [0.05, 0.1) is 18.2 Å². The third-order valence-electron chi connectivity index (χ3n) is 3.36. The highest BCUT2D eigenvalue weighted by Crippen LogP contribution is 2.29. The highest BCUT2D eigenvalue weighted by atomic mass is 16.5. The fraction of sp³-hybridized carbons (Fsp3) is 0.389.